The van der Waals surface area contributed by atoms with Gasteiger partial charge in [0.25, 0.3) is 0 Å². The summed E-state index contributed by atoms with van der Waals surface area (Å²) >= 11 is 0. The van der Waals surface area contributed by atoms with Gasteiger partial charge in [0, 0.05) is 6.20 Å². The van der Waals surface area contributed by atoms with Crippen LogP contribution in [0.1, 0.15) is 35.5 Å². The van der Waals surface area contributed by atoms with Gasteiger partial charge in [-0.1, -0.05) is 13.8 Å². The Bertz CT molecular complexity index is 276. The molecule has 0 saturated carbocycles. The fourth-order valence-electron chi connectivity index (χ4n) is 0.908. The van der Waals surface area contributed by atoms with Crippen LogP contribution in [0.5, 0.6) is 0 Å². The third-order valence-corrected chi connectivity index (χ3v) is 1.79. The van der Waals surface area contributed by atoms with Gasteiger partial charge in [0.05, 0.1) is 7.11 Å². The SMILES string of the molecule is CC.COC(=O)c1[nH]cc(C)c1C. The summed E-state index contributed by atoms with van der Waals surface area (Å²) in [6.07, 6.45) is 1.79. The number of aromatic amines is 1. The molecule has 0 fully saturated rings. The monoisotopic (exact) mass is 183 g/mol. The van der Waals surface area contributed by atoms with E-state index in [-0.39, 0.29) is 5.97 Å². The van der Waals surface area contributed by atoms with E-state index in [2.05, 4.69) is 9.72 Å². The van der Waals surface area contributed by atoms with E-state index in [4.69, 9.17) is 0 Å². The normalized spacial score (nSPS) is 8.69. The Kier molecular flexibility index (Phi) is 4.89. The van der Waals surface area contributed by atoms with E-state index < -0.39 is 0 Å². The van der Waals surface area contributed by atoms with Crippen molar-refractivity contribution >= 4 is 5.97 Å². The van der Waals surface area contributed by atoms with Crippen LogP contribution in [0.4, 0.5) is 0 Å². The van der Waals surface area contributed by atoms with Gasteiger partial charge >= 0.3 is 5.97 Å². The number of aryl methyl sites for hydroxylation is 1. The molecule has 0 amide bonds. The molecule has 74 valence electrons. The number of esters is 1. The highest BCUT2D eigenvalue weighted by Crippen LogP contribution is 2.11. The fourth-order valence-corrected chi connectivity index (χ4v) is 0.908. The van der Waals surface area contributed by atoms with Crippen molar-refractivity contribution in [3.05, 3.63) is 23.0 Å². The van der Waals surface area contributed by atoms with Gasteiger partial charge in [-0.25, -0.2) is 4.79 Å². The molecule has 0 spiro atoms. The number of hydrogen-bond donors (Lipinski definition) is 1. The molecule has 3 heteroatoms. The molecule has 0 bridgehead atoms. The van der Waals surface area contributed by atoms with E-state index in [9.17, 15) is 4.79 Å². The van der Waals surface area contributed by atoms with Crippen LogP contribution in [0.2, 0.25) is 0 Å². The minimum absolute atomic E-state index is 0.310. The Balaban J connectivity index is 0.000000671. The maximum Gasteiger partial charge on any atom is 0.354 e. The summed E-state index contributed by atoms with van der Waals surface area (Å²) in [7, 11) is 1.37. The van der Waals surface area contributed by atoms with E-state index in [1.807, 2.05) is 27.7 Å². The highest BCUT2D eigenvalue weighted by Gasteiger charge is 2.11. The fraction of sp³-hybridized carbons (Fsp3) is 0.500. The standard InChI is InChI=1S/C8H11NO2.C2H6/c1-5-4-9-7(6(5)2)8(10)11-3;1-2/h4,9H,1-3H3;1-2H3. The van der Waals surface area contributed by atoms with Gasteiger partial charge in [0.15, 0.2) is 0 Å². The molecule has 0 aliphatic carbocycles. The third-order valence-electron chi connectivity index (χ3n) is 1.79. The maximum atomic E-state index is 11.0. The summed E-state index contributed by atoms with van der Waals surface area (Å²) in [6, 6.07) is 0. The number of ether oxygens (including phenoxy) is 1. The van der Waals surface area contributed by atoms with E-state index in [0.29, 0.717) is 5.69 Å². The zero-order chi connectivity index (χ0) is 10.4. The van der Waals surface area contributed by atoms with Gasteiger partial charge in [0.1, 0.15) is 5.69 Å². The van der Waals surface area contributed by atoms with Crippen molar-refractivity contribution < 1.29 is 9.53 Å². The molecular formula is C10H17NO2. The molecule has 0 radical (unpaired) electrons. The summed E-state index contributed by atoms with van der Waals surface area (Å²) in [6.45, 7) is 7.83. The number of methoxy groups -OCH3 is 1. The molecule has 1 heterocycles. The van der Waals surface area contributed by atoms with Crippen molar-refractivity contribution in [1.29, 1.82) is 0 Å². The first-order chi connectivity index (χ1) is 6.16. The molecule has 0 saturated heterocycles. The average Bonchev–Trinajstić information content (AvgIpc) is 2.50. The Labute approximate surface area is 79.1 Å². The van der Waals surface area contributed by atoms with Crippen molar-refractivity contribution in [2.24, 2.45) is 0 Å². The summed E-state index contributed by atoms with van der Waals surface area (Å²) in [5.74, 6) is -0.310. The number of H-pyrrole nitrogens is 1. The van der Waals surface area contributed by atoms with Crippen LogP contribution in [0.3, 0.4) is 0 Å². The molecule has 0 unspecified atom stereocenters. The number of aromatic nitrogens is 1. The third kappa shape index (κ3) is 2.61. The summed E-state index contributed by atoms with van der Waals surface area (Å²) in [5.41, 5.74) is 2.58. The molecule has 0 aliphatic heterocycles. The highest BCUT2D eigenvalue weighted by atomic mass is 16.5. The molecule has 3 nitrogen and oxygen atoms in total. The topological polar surface area (TPSA) is 42.1 Å². The zero-order valence-electron chi connectivity index (χ0n) is 8.89. The molecule has 1 N–H and O–H groups in total. The van der Waals surface area contributed by atoms with E-state index in [0.717, 1.165) is 11.1 Å². The quantitative estimate of drug-likeness (QED) is 0.679. The molecule has 1 aromatic rings. The Morgan fingerprint density at radius 3 is 2.23 bits per heavy atom. The summed E-state index contributed by atoms with van der Waals surface area (Å²) in [4.78, 5) is 13.8. The number of carbonyl (C=O) groups is 1. The van der Waals surface area contributed by atoms with Crippen molar-refractivity contribution in [2.75, 3.05) is 7.11 Å². The van der Waals surface area contributed by atoms with Crippen LogP contribution in [0.15, 0.2) is 6.20 Å². The predicted octanol–water partition coefficient (Wildman–Crippen LogP) is 2.44. The van der Waals surface area contributed by atoms with Gasteiger partial charge < -0.3 is 9.72 Å². The second kappa shape index (κ2) is 5.41. The smallest absolute Gasteiger partial charge is 0.354 e. The van der Waals surface area contributed by atoms with E-state index in [1.165, 1.54) is 7.11 Å². The second-order valence-electron chi connectivity index (χ2n) is 2.46. The lowest BCUT2D eigenvalue weighted by Gasteiger charge is -1.96. The van der Waals surface area contributed by atoms with Crippen LogP contribution >= 0.6 is 0 Å². The van der Waals surface area contributed by atoms with Gasteiger partial charge in [-0.2, -0.15) is 0 Å². The second-order valence-corrected chi connectivity index (χ2v) is 2.46. The van der Waals surface area contributed by atoms with Gasteiger partial charge in [-0.15, -0.1) is 0 Å². The van der Waals surface area contributed by atoms with Crippen LogP contribution in [0.25, 0.3) is 0 Å². The Morgan fingerprint density at radius 2 is 1.92 bits per heavy atom. The largest absolute Gasteiger partial charge is 0.464 e. The lowest BCUT2D eigenvalue weighted by Crippen LogP contribution is -2.03. The maximum absolute atomic E-state index is 11.0. The lowest BCUT2D eigenvalue weighted by molar-refractivity contribution is 0.0594. The van der Waals surface area contributed by atoms with Crippen molar-refractivity contribution in [3.8, 4) is 0 Å². The predicted molar refractivity (Wildman–Crippen MR) is 53.0 cm³/mol. The molecule has 0 atom stereocenters. The van der Waals surface area contributed by atoms with Gasteiger partial charge in [0.2, 0.25) is 0 Å². The van der Waals surface area contributed by atoms with Crippen molar-refractivity contribution in [2.45, 2.75) is 27.7 Å². The number of carbonyl (C=O) groups excluding carboxylic acids is 1. The minimum atomic E-state index is -0.310. The molecule has 0 aliphatic rings. The van der Waals surface area contributed by atoms with Crippen molar-refractivity contribution in [1.82, 2.24) is 4.98 Å². The highest BCUT2D eigenvalue weighted by molar-refractivity contribution is 5.89. The van der Waals surface area contributed by atoms with Crippen LogP contribution in [-0.4, -0.2) is 18.1 Å². The molecule has 1 aromatic heterocycles. The van der Waals surface area contributed by atoms with E-state index in [1.54, 1.807) is 6.20 Å². The molecule has 13 heavy (non-hydrogen) atoms. The van der Waals surface area contributed by atoms with Crippen LogP contribution < -0.4 is 0 Å². The first kappa shape index (κ1) is 11.8. The molecular weight excluding hydrogens is 166 g/mol. The average molecular weight is 183 g/mol. The first-order valence-corrected chi connectivity index (χ1v) is 4.39. The van der Waals surface area contributed by atoms with Crippen LogP contribution in [0, 0.1) is 13.8 Å². The van der Waals surface area contributed by atoms with Crippen molar-refractivity contribution in [3.63, 3.8) is 0 Å². The lowest BCUT2D eigenvalue weighted by atomic mass is 10.2. The number of nitrogens with one attached hydrogen (secondary N) is 1. The van der Waals surface area contributed by atoms with Gasteiger partial charge in [-0.3, -0.25) is 0 Å². The van der Waals surface area contributed by atoms with Crippen LogP contribution in [-0.2, 0) is 4.74 Å². The summed E-state index contributed by atoms with van der Waals surface area (Å²) < 4.78 is 4.56. The zero-order valence-corrected chi connectivity index (χ0v) is 8.89. The first-order valence-electron chi connectivity index (χ1n) is 4.39. The Morgan fingerprint density at radius 1 is 1.38 bits per heavy atom. The molecule has 0 aromatic carbocycles. The van der Waals surface area contributed by atoms with Gasteiger partial charge in [-0.05, 0) is 25.0 Å². The summed E-state index contributed by atoms with van der Waals surface area (Å²) in [5, 5.41) is 0. The molecule has 1 rings (SSSR count). The number of rotatable bonds is 1. The van der Waals surface area contributed by atoms with E-state index >= 15 is 0 Å². The number of hydrogen-bond acceptors (Lipinski definition) is 2. The Hall–Kier alpha value is -1.25. The minimum Gasteiger partial charge on any atom is -0.464 e.